The molecular weight excluding hydrogens is 416 g/mol. The smallest absolute Gasteiger partial charge is 0.218 e. The van der Waals surface area contributed by atoms with Crippen LogP contribution < -0.4 is 0 Å². The van der Waals surface area contributed by atoms with Crippen molar-refractivity contribution in [2.45, 2.75) is 76.2 Å². The second-order valence-electron chi connectivity index (χ2n) is 7.57. The molecule has 11 nitrogen and oxygen atoms in total. The van der Waals surface area contributed by atoms with Crippen LogP contribution in [0.15, 0.2) is 23.0 Å². The first-order valence-corrected chi connectivity index (χ1v) is 10.5. The Morgan fingerprint density at radius 3 is 1.90 bits per heavy atom. The number of hydrogen-bond acceptors (Lipinski definition) is 11. The van der Waals surface area contributed by atoms with Crippen LogP contribution in [0, 0.1) is 5.92 Å². The highest BCUT2D eigenvalue weighted by atomic mass is 16.6. The number of aliphatic hydroxyl groups excluding tert-OH is 9. The standard InChI is InChI=1S/C20H36O11/c21-9-6-13(23)15(24)17(26)20(29)31-14(7-10-22)16(25)18(27)19(28)30-11-8-12-4-2-1-3-5-12/h12-14,19-29H,1-11H2/b17-15-,18-16+/t13-,14-,19+,20-/m1/s1. The third kappa shape index (κ3) is 9.19. The monoisotopic (exact) mass is 452 g/mol. The van der Waals surface area contributed by atoms with Gasteiger partial charge >= 0.3 is 0 Å². The molecule has 0 spiro atoms. The minimum atomic E-state index is -2.25. The van der Waals surface area contributed by atoms with Gasteiger partial charge in [-0.3, -0.25) is 0 Å². The molecule has 0 aliphatic heterocycles. The van der Waals surface area contributed by atoms with Gasteiger partial charge in [0.2, 0.25) is 12.6 Å². The molecule has 1 aliphatic carbocycles. The van der Waals surface area contributed by atoms with Crippen molar-refractivity contribution < 1.29 is 55.4 Å². The summed E-state index contributed by atoms with van der Waals surface area (Å²) in [6.07, 6.45) is -1.69. The predicted molar refractivity (Wildman–Crippen MR) is 108 cm³/mol. The molecule has 182 valence electrons. The lowest BCUT2D eigenvalue weighted by atomic mass is 9.87. The maximum atomic E-state index is 10.2. The number of rotatable bonds is 14. The van der Waals surface area contributed by atoms with Crippen molar-refractivity contribution in [3.8, 4) is 0 Å². The van der Waals surface area contributed by atoms with E-state index < -0.39 is 61.0 Å². The topological polar surface area (TPSA) is 201 Å². The molecule has 0 amide bonds. The van der Waals surface area contributed by atoms with Crippen molar-refractivity contribution in [1.29, 1.82) is 0 Å². The molecule has 0 aromatic heterocycles. The SMILES string of the molecule is OCC[C@@H](O)/C(O)=C(/O)[C@H](O)O[C@H](CCO)/C(O)=C(\O)[C@@H](O)OCCC1CCCCC1. The van der Waals surface area contributed by atoms with Crippen LogP contribution in [-0.2, 0) is 9.47 Å². The molecule has 0 unspecified atom stereocenters. The van der Waals surface area contributed by atoms with Crippen molar-refractivity contribution in [2.24, 2.45) is 5.92 Å². The summed E-state index contributed by atoms with van der Waals surface area (Å²) in [7, 11) is 0. The van der Waals surface area contributed by atoms with E-state index in [1.54, 1.807) is 0 Å². The summed E-state index contributed by atoms with van der Waals surface area (Å²) in [4.78, 5) is 0. The Balaban J connectivity index is 2.74. The Morgan fingerprint density at radius 1 is 0.742 bits per heavy atom. The normalized spacial score (nSPS) is 21.1. The van der Waals surface area contributed by atoms with Crippen LogP contribution in [0.5, 0.6) is 0 Å². The number of hydrogen-bond donors (Lipinski definition) is 9. The van der Waals surface area contributed by atoms with E-state index in [0.29, 0.717) is 12.3 Å². The molecule has 4 atom stereocenters. The first-order valence-electron chi connectivity index (χ1n) is 10.5. The van der Waals surface area contributed by atoms with Crippen LogP contribution in [0.3, 0.4) is 0 Å². The van der Waals surface area contributed by atoms with Gasteiger partial charge in [-0.25, -0.2) is 0 Å². The number of ether oxygens (including phenoxy) is 2. The van der Waals surface area contributed by atoms with Crippen LogP contribution in [-0.4, -0.2) is 90.6 Å². The molecule has 0 bridgehead atoms. The predicted octanol–water partition coefficient (Wildman–Crippen LogP) is 0.776. The molecular formula is C20H36O11. The molecule has 0 heterocycles. The Hall–Kier alpha value is -1.60. The Labute approximate surface area is 181 Å². The highest BCUT2D eigenvalue weighted by Crippen LogP contribution is 2.26. The first-order chi connectivity index (χ1) is 14.7. The van der Waals surface area contributed by atoms with Gasteiger partial charge in [0.25, 0.3) is 0 Å². The van der Waals surface area contributed by atoms with Gasteiger partial charge in [-0.15, -0.1) is 0 Å². The van der Waals surface area contributed by atoms with E-state index in [2.05, 4.69) is 0 Å². The highest BCUT2D eigenvalue weighted by Gasteiger charge is 2.29. The average molecular weight is 452 g/mol. The van der Waals surface area contributed by atoms with Gasteiger partial charge in [0, 0.05) is 26.1 Å². The highest BCUT2D eigenvalue weighted by molar-refractivity contribution is 5.09. The Morgan fingerprint density at radius 2 is 1.32 bits per heavy atom. The molecule has 0 aromatic carbocycles. The summed E-state index contributed by atoms with van der Waals surface area (Å²) >= 11 is 0. The summed E-state index contributed by atoms with van der Waals surface area (Å²) < 4.78 is 10.1. The van der Waals surface area contributed by atoms with E-state index in [0.717, 1.165) is 25.7 Å². The van der Waals surface area contributed by atoms with E-state index in [9.17, 15) is 35.7 Å². The van der Waals surface area contributed by atoms with Crippen molar-refractivity contribution in [2.75, 3.05) is 19.8 Å². The van der Waals surface area contributed by atoms with Crippen LogP contribution >= 0.6 is 0 Å². The fraction of sp³-hybridized carbons (Fsp3) is 0.800. The molecule has 1 saturated carbocycles. The van der Waals surface area contributed by atoms with Gasteiger partial charge < -0.3 is 55.4 Å². The van der Waals surface area contributed by atoms with Gasteiger partial charge in [0.1, 0.15) is 12.2 Å². The van der Waals surface area contributed by atoms with E-state index in [4.69, 9.17) is 19.7 Å². The quantitative estimate of drug-likeness (QED) is 0.133. The van der Waals surface area contributed by atoms with E-state index in [1.165, 1.54) is 6.42 Å². The van der Waals surface area contributed by atoms with Gasteiger partial charge in [0.05, 0.1) is 6.61 Å². The van der Waals surface area contributed by atoms with Crippen molar-refractivity contribution in [1.82, 2.24) is 0 Å². The minimum absolute atomic E-state index is 0.150. The average Bonchev–Trinajstić information content (AvgIpc) is 2.77. The summed E-state index contributed by atoms with van der Waals surface area (Å²) in [6, 6.07) is 0. The minimum Gasteiger partial charge on any atom is -0.506 e. The molecule has 0 saturated heterocycles. The maximum Gasteiger partial charge on any atom is 0.218 e. The lowest BCUT2D eigenvalue weighted by molar-refractivity contribution is -0.141. The largest absolute Gasteiger partial charge is 0.506 e. The van der Waals surface area contributed by atoms with Gasteiger partial charge in [0.15, 0.2) is 23.0 Å². The van der Waals surface area contributed by atoms with Crippen LogP contribution in [0.2, 0.25) is 0 Å². The summed E-state index contributed by atoms with van der Waals surface area (Å²) in [6.45, 7) is -0.910. The van der Waals surface area contributed by atoms with Crippen molar-refractivity contribution >= 4 is 0 Å². The zero-order valence-corrected chi connectivity index (χ0v) is 17.5. The molecule has 1 aliphatic rings. The van der Waals surface area contributed by atoms with E-state index >= 15 is 0 Å². The third-order valence-electron chi connectivity index (χ3n) is 5.23. The number of aliphatic hydroxyl groups is 9. The fourth-order valence-electron chi connectivity index (χ4n) is 3.36. The van der Waals surface area contributed by atoms with Crippen LogP contribution in [0.1, 0.15) is 51.4 Å². The fourth-order valence-corrected chi connectivity index (χ4v) is 3.36. The Kier molecular flexibility index (Phi) is 12.8. The maximum absolute atomic E-state index is 10.2. The van der Waals surface area contributed by atoms with E-state index in [-0.39, 0.29) is 19.4 Å². The zero-order chi connectivity index (χ0) is 23.4. The summed E-state index contributed by atoms with van der Waals surface area (Å²) in [5.74, 6) is -3.68. The van der Waals surface area contributed by atoms with Gasteiger partial charge in [-0.1, -0.05) is 32.1 Å². The first kappa shape index (κ1) is 27.4. The molecule has 1 fully saturated rings. The Bertz CT molecular complexity index is 571. The second kappa shape index (κ2) is 14.5. The molecule has 9 N–H and O–H groups in total. The molecule has 0 radical (unpaired) electrons. The van der Waals surface area contributed by atoms with Crippen molar-refractivity contribution in [3.63, 3.8) is 0 Å². The molecule has 1 rings (SSSR count). The van der Waals surface area contributed by atoms with Gasteiger partial charge in [-0.05, 0) is 12.3 Å². The van der Waals surface area contributed by atoms with Crippen LogP contribution in [0.4, 0.5) is 0 Å². The molecule has 11 heteroatoms. The molecule has 31 heavy (non-hydrogen) atoms. The second-order valence-corrected chi connectivity index (χ2v) is 7.57. The zero-order valence-electron chi connectivity index (χ0n) is 17.5. The lowest BCUT2D eigenvalue weighted by Crippen LogP contribution is -2.31. The van der Waals surface area contributed by atoms with Gasteiger partial charge in [-0.2, -0.15) is 0 Å². The summed E-state index contributed by atoms with van der Waals surface area (Å²) in [5.41, 5.74) is 0. The third-order valence-corrected chi connectivity index (χ3v) is 5.23. The van der Waals surface area contributed by atoms with E-state index in [1.807, 2.05) is 0 Å². The van der Waals surface area contributed by atoms with Crippen LogP contribution in [0.25, 0.3) is 0 Å². The summed E-state index contributed by atoms with van der Waals surface area (Å²) in [5, 5.41) is 87.0. The lowest BCUT2D eigenvalue weighted by Gasteiger charge is -2.24. The van der Waals surface area contributed by atoms with Crippen molar-refractivity contribution in [3.05, 3.63) is 23.0 Å². The molecule has 0 aromatic rings.